The van der Waals surface area contributed by atoms with Crippen LogP contribution in [-0.4, -0.2) is 12.9 Å². The number of hydrogen-bond donors (Lipinski definition) is 0. The van der Waals surface area contributed by atoms with Crippen LogP contribution in [0, 0.1) is 0 Å². The zero-order chi connectivity index (χ0) is 14.4. The zero-order valence-electron chi connectivity index (χ0n) is 12.0. The third-order valence-electron chi connectivity index (χ3n) is 3.61. The lowest BCUT2D eigenvalue weighted by molar-refractivity contribution is 0.0973. The van der Waals surface area contributed by atoms with Gasteiger partial charge in [-0.25, -0.2) is 0 Å². The minimum atomic E-state index is 0.202. The lowest BCUT2D eigenvalue weighted by Crippen LogP contribution is -2.07. The Morgan fingerprint density at radius 2 is 1.70 bits per heavy atom. The molecule has 0 aliphatic carbocycles. The molecule has 0 bridgehead atoms. The molecular weight excluding hydrogens is 248 g/mol. The first kappa shape index (κ1) is 14.3. The molecule has 1 atom stereocenters. The molecule has 0 amide bonds. The highest BCUT2D eigenvalue weighted by Gasteiger charge is 2.15. The van der Waals surface area contributed by atoms with Crippen molar-refractivity contribution in [1.29, 1.82) is 0 Å². The number of ketones is 1. The van der Waals surface area contributed by atoms with Gasteiger partial charge in [0.2, 0.25) is 0 Å². The average Bonchev–Trinajstić information content (AvgIpc) is 2.53. The molecule has 2 nitrogen and oxygen atoms in total. The molecule has 0 spiro atoms. The number of benzene rings is 2. The van der Waals surface area contributed by atoms with Crippen molar-refractivity contribution in [2.75, 3.05) is 7.11 Å². The number of carbonyl (C=O) groups is 1. The number of carbonyl (C=O) groups excluding carboxylic acids is 1. The maximum absolute atomic E-state index is 12.3. The van der Waals surface area contributed by atoms with Crippen LogP contribution in [0.4, 0.5) is 0 Å². The van der Waals surface area contributed by atoms with E-state index in [1.165, 1.54) is 5.56 Å². The van der Waals surface area contributed by atoms with Gasteiger partial charge in [-0.2, -0.15) is 0 Å². The Morgan fingerprint density at radius 1 is 1.05 bits per heavy atom. The number of rotatable bonds is 6. The van der Waals surface area contributed by atoms with E-state index in [0.717, 1.165) is 17.7 Å². The number of ether oxygens (including phenoxy) is 1. The van der Waals surface area contributed by atoms with Crippen LogP contribution in [0.1, 0.15) is 41.6 Å². The van der Waals surface area contributed by atoms with E-state index in [4.69, 9.17) is 4.74 Å². The second-order valence-electron chi connectivity index (χ2n) is 4.87. The maximum Gasteiger partial charge on any atom is 0.163 e. The highest BCUT2D eigenvalue weighted by atomic mass is 16.5. The molecule has 0 unspecified atom stereocenters. The van der Waals surface area contributed by atoms with Crippen molar-refractivity contribution in [3.8, 4) is 5.75 Å². The van der Waals surface area contributed by atoms with Crippen LogP contribution in [0.5, 0.6) is 5.75 Å². The largest absolute Gasteiger partial charge is 0.497 e. The Labute approximate surface area is 120 Å². The molecule has 0 aromatic heterocycles. The van der Waals surface area contributed by atoms with Gasteiger partial charge in [0.25, 0.3) is 0 Å². The summed E-state index contributed by atoms with van der Waals surface area (Å²) in [7, 11) is 1.66. The van der Waals surface area contributed by atoms with Gasteiger partial charge in [-0.1, -0.05) is 49.4 Å². The highest BCUT2D eigenvalue weighted by molar-refractivity contribution is 5.96. The Kier molecular flexibility index (Phi) is 4.94. The monoisotopic (exact) mass is 268 g/mol. The fourth-order valence-corrected chi connectivity index (χ4v) is 2.34. The van der Waals surface area contributed by atoms with E-state index in [1.807, 2.05) is 54.6 Å². The van der Waals surface area contributed by atoms with Gasteiger partial charge < -0.3 is 4.74 Å². The predicted molar refractivity (Wildman–Crippen MR) is 81.4 cm³/mol. The SMILES string of the molecule is CC[C@H](CC(=O)c1ccccc1)c1ccc(OC)cc1. The molecule has 2 aromatic carbocycles. The van der Waals surface area contributed by atoms with Gasteiger partial charge in [-0.05, 0) is 30.0 Å². The van der Waals surface area contributed by atoms with Gasteiger partial charge in [0.15, 0.2) is 5.78 Å². The van der Waals surface area contributed by atoms with Crippen molar-refractivity contribution in [2.45, 2.75) is 25.7 Å². The van der Waals surface area contributed by atoms with E-state index < -0.39 is 0 Å². The van der Waals surface area contributed by atoms with Crippen LogP contribution in [0.3, 0.4) is 0 Å². The number of hydrogen-bond acceptors (Lipinski definition) is 2. The summed E-state index contributed by atoms with van der Waals surface area (Å²) in [6.45, 7) is 2.12. The van der Waals surface area contributed by atoms with Gasteiger partial charge in [-0.15, -0.1) is 0 Å². The second-order valence-corrected chi connectivity index (χ2v) is 4.87. The molecule has 0 saturated heterocycles. The molecule has 20 heavy (non-hydrogen) atoms. The van der Waals surface area contributed by atoms with Crippen molar-refractivity contribution < 1.29 is 9.53 Å². The molecule has 2 rings (SSSR count). The van der Waals surface area contributed by atoms with Crippen molar-refractivity contribution in [1.82, 2.24) is 0 Å². The molecule has 0 saturated carbocycles. The molecule has 2 aromatic rings. The van der Waals surface area contributed by atoms with E-state index in [-0.39, 0.29) is 11.7 Å². The van der Waals surface area contributed by atoms with Crippen molar-refractivity contribution in [2.24, 2.45) is 0 Å². The molecular formula is C18H20O2. The Balaban J connectivity index is 2.10. The summed E-state index contributed by atoms with van der Waals surface area (Å²) in [5.41, 5.74) is 1.98. The van der Waals surface area contributed by atoms with Crippen molar-refractivity contribution >= 4 is 5.78 Å². The summed E-state index contributed by atoms with van der Waals surface area (Å²) in [6.07, 6.45) is 1.50. The van der Waals surface area contributed by atoms with Crippen LogP contribution in [-0.2, 0) is 0 Å². The lowest BCUT2D eigenvalue weighted by Gasteiger charge is -2.15. The summed E-state index contributed by atoms with van der Waals surface area (Å²) >= 11 is 0. The van der Waals surface area contributed by atoms with Gasteiger partial charge in [-0.3, -0.25) is 4.79 Å². The van der Waals surface area contributed by atoms with Crippen LogP contribution in [0.25, 0.3) is 0 Å². The third kappa shape index (κ3) is 3.47. The summed E-state index contributed by atoms with van der Waals surface area (Å²) < 4.78 is 5.17. The summed E-state index contributed by atoms with van der Waals surface area (Å²) in [6, 6.07) is 17.5. The minimum Gasteiger partial charge on any atom is -0.497 e. The molecule has 104 valence electrons. The molecule has 2 heteroatoms. The smallest absolute Gasteiger partial charge is 0.163 e. The lowest BCUT2D eigenvalue weighted by atomic mass is 9.89. The standard InChI is InChI=1S/C18H20O2/c1-3-14(15-9-11-17(20-2)12-10-15)13-18(19)16-7-5-4-6-8-16/h4-12,14H,3,13H2,1-2H3/t14-/m1/s1. The van der Waals surface area contributed by atoms with Crippen LogP contribution in [0.15, 0.2) is 54.6 Å². The quantitative estimate of drug-likeness (QED) is 0.723. The van der Waals surface area contributed by atoms with E-state index in [0.29, 0.717) is 6.42 Å². The highest BCUT2D eigenvalue weighted by Crippen LogP contribution is 2.26. The van der Waals surface area contributed by atoms with Crippen LogP contribution < -0.4 is 4.74 Å². The fourth-order valence-electron chi connectivity index (χ4n) is 2.34. The van der Waals surface area contributed by atoms with Crippen molar-refractivity contribution in [3.63, 3.8) is 0 Å². The predicted octanol–water partition coefficient (Wildman–Crippen LogP) is 4.46. The van der Waals surface area contributed by atoms with E-state index in [2.05, 4.69) is 6.92 Å². The Hall–Kier alpha value is -2.09. The maximum atomic E-state index is 12.3. The summed E-state index contributed by atoms with van der Waals surface area (Å²) in [5, 5.41) is 0. The average molecular weight is 268 g/mol. The third-order valence-corrected chi connectivity index (χ3v) is 3.61. The zero-order valence-corrected chi connectivity index (χ0v) is 12.0. The first-order valence-corrected chi connectivity index (χ1v) is 6.96. The van der Waals surface area contributed by atoms with Gasteiger partial charge in [0.05, 0.1) is 7.11 Å². The first-order valence-electron chi connectivity index (χ1n) is 6.96. The molecule has 0 aliphatic rings. The van der Waals surface area contributed by atoms with E-state index in [1.54, 1.807) is 7.11 Å². The van der Waals surface area contributed by atoms with Crippen molar-refractivity contribution in [3.05, 3.63) is 65.7 Å². The minimum absolute atomic E-state index is 0.202. The summed E-state index contributed by atoms with van der Waals surface area (Å²) in [5.74, 6) is 1.31. The molecule has 0 fully saturated rings. The number of methoxy groups -OCH3 is 1. The molecule has 0 radical (unpaired) electrons. The van der Waals surface area contributed by atoms with Gasteiger partial charge in [0, 0.05) is 12.0 Å². The topological polar surface area (TPSA) is 26.3 Å². The van der Waals surface area contributed by atoms with E-state index >= 15 is 0 Å². The van der Waals surface area contributed by atoms with Crippen LogP contribution in [0.2, 0.25) is 0 Å². The van der Waals surface area contributed by atoms with Gasteiger partial charge in [0.1, 0.15) is 5.75 Å². The first-order chi connectivity index (χ1) is 9.74. The number of Topliss-reactive ketones (excluding diaryl/α,β-unsaturated/α-hetero) is 1. The molecule has 0 N–H and O–H groups in total. The fraction of sp³-hybridized carbons (Fsp3) is 0.278. The van der Waals surface area contributed by atoms with Gasteiger partial charge >= 0.3 is 0 Å². The van der Waals surface area contributed by atoms with Crippen LogP contribution >= 0.6 is 0 Å². The molecule has 0 aliphatic heterocycles. The second kappa shape index (κ2) is 6.90. The Bertz CT molecular complexity index is 543. The molecule has 0 heterocycles. The summed E-state index contributed by atoms with van der Waals surface area (Å²) in [4.78, 5) is 12.3. The Morgan fingerprint density at radius 3 is 2.25 bits per heavy atom. The van der Waals surface area contributed by atoms with E-state index in [9.17, 15) is 4.79 Å². The normalized spacial score (nSPS) is 11.9.